The summed E-state index contributed by atoms with van der Waals surface area (Å²) in [6, 6.07) is 4.34. The summed E-state index contributed by atoms with van der Waals surface area (Å²) < 4.78 is 0. The third-order valence-electron chi connectivity index (χ3n) is 1.58. The van der Waals surface area contributed by atoms with Gasteiger partial charge in [0.1, 0.15) is 11.5 Å². The summed E-state index contributed by atoms with van der Waals surface area (Å²) >= 11 is 0. The van der Waals surface area contributed by atoms with Crippen LogP contribution in [-0.2, 0) is 6.42 Å². The summed E-state index contributed by atoms with van der Waals surface area (Å²) in [4.78, 5) is 0. The van der Waals surface area contributed by atoms with E-state index in [1.54, 1.807) is 13.0 Å². The van der Waals surface area contributed by atoms with Crippen LogP contribution in [0, 0.1) is 0 Å². The fourth-order valence-corrected chi connectivity index (χ4v) is 1.04. The number of phenols is 2. The van der Waals surface area contributed by atoms with Crippen LogP contribution in [0.25, 0.3) is 0 Å². The van der Waals surface area contributed by atoms with Crippen LogP contribution in [-0.4, -0.2) is 21.4 Å². The average molecular weight is 168 g/mol. The van der Waals surface area contributed by atoms with Crippen molar-refractivity contribution in [2.24, 2.45) is 0 Å². The van der Waals surface area contributed by atoms with Gasteiger partial charge in [0.15, 0.2) is 0 Å². The molecule has 0 saturated carbocycles. The van der Waals surface area contributed by atoms with Crippen LogP contribution in [0.1, 0.15) is 12.5 Å². The Morgan fingerprint density at radius 1 is 1.33 bits per heavy atom. The van der Waals surface area contributed by atoms with Crippen molar-refractivity contribution in [2.45, 2.75) is 19.4 Å². The highest BCUT2D eigenvalue weighted by atomic mass is 16.3. The van der Waals surface area contributed by atoms with Gasteiger partial charge in [-0.05, 0) is 18.6 Å². The van der Waals surface area contributed by atoms with E-state index in [0.717, 1.165) is 0 Å². The van der Waals surface area contributed by atoms with E-state index in [0.29, 0.717) is 12.0 Å². The topological polar surface area (TPSA) is 60.7 Å². The number of benzene rings is 1. The van der Waals surface area contributed by atoms with E-state index in [4.69, 9.17) is 10.2 Å². The fourth-order valence-electron chi connectivity index (χ4n) is 1.04. The first kappa shape index (κ1) is 8.87. The molecule has 3 heteroatoms. The lowest BCUT2D eigenvalue weighted by molar-refractivity contribution is 0.194. The Morgan fingerprint density at radius 2 is 2.00 bits per heavy atom. The second-order valence-corrected chi connectivity index (χ2v) is 2.87. The highest BCUT2D eigenvalue weighted by Gasteiger charge is 2.04. The molecule has 0 bridgehead atoms. The van der Waals surface area contributed by atoms with Gasteiger partial charge in [-0.15, -0.1) is 0 Å². The summed E-state index contributed by atoms with van der Waals surface area (Å²) in [7, 11) is 0. The highest BCUT2D eigenvalue weighted by Crippen LogP contribution is 2.23. The Morgan fingerprint density at radius 3 is 2.50 bits per heavy atom. The van der Waals surface area contributed by atoms with Crippen LogP contribution in [0.4, 0.5) is 0 Å². The zero-order valence-corrected chi connectivity index (χ0v) is 6.86. The first-order valence-corrected chi connectivity index (χ1v) is 3.78. The molecule has 1 aromatic carbocycles. The van der Waals surface area contributed by atoms with Crippen molar-refractivity contribution in [1.29, 1.82) is 0 Å². The number of rotatable bonds is 2. The van der Waals surface area contributed by atoms with E-state index in [9.17, 15) is 5.11 Å². The third kappa shape index (κ3) is 2.13. The number of hydrogen-bond acceptors (Lipinski definition) is 3. The average Bonchev–Trinajstić information content (AvgIpc) is 1.94. The number of aromatic hydroxyl groups is 2. The fraction of sp³-hybridized carbons (Fsp3) is 0.333. The van der Waals surface area contributed by atoms with Gasteiger partial charge in [0.25, 0.3) is 0 Å². The number of aliphatic hydroxyl groups excluding tert-OH is 1. The van der Waals surface area contributed by atoms with Gasteiger partial charge in [0, 0.05) is 12.5 Å². The maximum absolute atomic E-state index is 9.27. The summed E-state index contributed by atoms with van der Waals surface area (Å²) in [5, 5.41) is 27.2. The lowest BCUT2D eigenvalue weighted by atomic mass is 10.1. The van der Waals surface area contributed by atoms with E-state index >= 15 is 0 Å². The molecule has 0 saturated heterocycles. The van der Waals surface area contributed by atoms with Gasteiger partial charge >= 0.3 is 0 Å². The van der Waals surface area contributed by atoms with E-state index in [1.165, 1.54) is 12.1 Å². The molecule has 66 valence electrons. The summed E-state index contributed by atoms with van der Waals surface area (Å²) in [6.45, 7) is 1.65. The summed E-state index contributed by atoms with van der Waals surface area (Å²) in [5.74, 6) is 0.0535. The van der Waals surface area contributed by atoms with Crippen molar-refractivity contribution in [3.8, 4) is 11.5 Å². The highest BCUT2D eigenvalue weighted by molar-refractivity contribution is 5.39. The van der Waals surface area contributed by atoms with Gasteiger partial charge < -0.3 is 15.3 Å². The molecule has 0 fully saturated rings. The van der Waals surface area contributed by atoms with Crippen molar-refractivity contribution in [3.05, 3.63) is 23.8 Å². The Hall–Kier alpha value is -1.22. The first-order valence-electron chi connectivity index (χ1n) is 3.78. The van der Waals surface area contributed by atoms with E-state index in [2.05, 4.69) is 0 Å². The second-order valence-electron chi connectivity index (χ2n) is 2.87. The van der Waals surface area contributed by atoms with Gasteiger partial charge in [-0.3, -0.25) is 0 Å². The number of phenolic OH excluding ortho intramolecular Hbond substituents is 2. The third-order valence-corrected chi connectivity index (χ3v) is 1.58. The van der Waals surface area contributed by atoms with E-state index in [1.807, 2.05) is 0 Å². The monoisotopic (exact) mass is 168 g/mol. The molecule has 0 amide bonds. The molecule has 0 unspecified atom stereocenters. The van der Waals surface area contributed by atoms with Gasteiger partial charge in [-0.2, -0.15) is 0 Å². The minimum absolute atomic E-state index is 0.0240. The molecule has 1 aromatic rings. The Kier molecular flexibility index (Phi) is 2.55. The zero-order valence-electron chi connectivity index (χ0n) is 6.86. The maximum atomic E-state index is 9.27. The van der Waals surface area contributed by atoms with Gasteiger partial charge in [0.05, 0.1) is 6.10 Å². The zero-order chi connectivity index (χ0) is 9.14. The predicted molar refractivity (Wildman–Crippen MR) is 45.2 cm³/mol. The van der Waals surface area contributed by atoms with Crippen molar-refractivity contribution < 1.29 is 15.3 Å². The Balaban J connectivity index is 2.86. The minimum Gasteiger partial charge on any atom is -0.508 e. The van der Waals surface area contributed by atoms with Crippen LogP contribution in [0.2, 0.25) is 0 Å². The molecular weight excluding hydrogens is 156 g/mol. The van der Waals surface area contributed by atoms with Crippen molar-refractivity contribution >= 4 is 0 Å². The molecular formula is C9H12O3. The lowest BCUT2D eigenvalue weighted by Gasteiger charge is -2.06. The summed E-state index contributed by atoms with van der Waals surface area (Å²) in [5.41, 5.74) is 0.641. The molecule has 0 aromatic heterocycles. The van der Waals surface area contributed by atoms with Crippen molar-refractivity contribution in [1.82, 2.24) is 0 Å². The molecule has 0 aliphatic carbocycles. The molecule has 0 aliphatic heterocycles. The number of aliphatic hydroxyl groups is 1. The van der Waals surface area contributed by atoms with Crippen molar-refractivity contribution in [2.75, 3.05) is 0 Å². The normalized spacial score (nSPS) is 12.8. The SMILES string of the molecule is C[C@@H](O)Cc1ccc(O)cc1O. The van der Waals surface area contributed by atoms with Crippen LogP contribution in [0.3, 0.4) is 0 Å². The molecule has 3 N–H and O–H groups in total. The minimum atomic E-state index is -0.486. The quantitative estimate of drug-likeness (QED) is 0.618. The smallest absolute Gasteiger partial charge is 0.122 e. The largest absolute Gasteiger partial charge is 0.508 e. The van der Waals surface area contributed by atoms with Crippen LogP contribution in [0.5, 0.6) is 11.5 Å². The lowest BCUT2D eigenvalue weighted by Crippen LogP contribution is -2.03. The summed E-state index contributed by atoms with van der Waals surface area (Å²) in [6.07, 6.45) is -0.0907. The Bertz CT molecular complexity index is 268. The van der Waals surface area contributed by atoms with Gasteiger partial charge in [-0.25, -0.2) is 0 Å². The Labute approximate surface area is 70.9 Å². The van der Waals surface area contributed by atoms with E-state index in [-0.39, 0.29) is 11.5 Å². The molecule has 1 atom stereocenters. The molecule has 0 heterocycles. The molecule has 12 heavy (non-hydrogen) atoms. The van der Waals surface area contributed by atoms with Crippen LogP contribution in [0.15, 0.2) is 18.2 Å². The van der Waals surface area contributed by atoms with Crippen molar-refractivity contribution in [3.63, 3.8) is 0 Å². The standard InChI is InChI=1S/C9H12O3/c1-6(10)4-7-2-3-8(11)5-9(7)12/h2-3,5-6,10-12H,4H2,1H3/t6-/m1/s1. The molecule has 3 nitrogen and oxygen atoms in total. The molecule has 1 rings (SSSR count). The molecule has 0 radical (unpaired) electrons. The predicted octanol–water partition coefficient (Wildman–Crippen LogP) is 1.02. The van der Waals surface area contributed by atoms with Crippen LogP contribution >= 0.6 is 0 Å². The van der Waals surface area contributed by atoms with Gasteiger partial charge in [0.2, 0.25) is 0 Å². The van der Waals surface area contributed by atoms with Crippen LogP contribution < -0.4 is 0 Å². The van der Waals surface area contributed by atoms with Gasteiger partial charge in [-0.1, -0.05) is 6.07 Å². The molecule has 0 aliphatic rings. The maximum Gasteiger partial charge on any atom is 0.122 e. The number of hydrogen-bond donors (Lipinski definition) is 3. The van der Waals surface area contributed by atoms with E-state index < -0.39 is 6.10 Å². The molecule has 0 spiro atoms. The first-order chi connectivity index (χ1) is 5.59. The second kappa shape index (κ2) is 3.45.